The maximum absolute atomic E-state index is 12.2. The average molecular weight is 299 g/mol. The molecule has 1 aliphatic heterocycles. The van der Waals surface area contributed by atoms with Crippen LogP contribution in [0.4, 0.5) is 0 Å². The largest absolute Gasteiger partial charge is 0.349 e. The van der Waals surface area contributed by atoms with Crippen molar-refractivity contribution in [2.75, 3.05) is 0 Å². The van der Waals surface area contributed by atoms with Crippen LogP contribution in [0, 0.1) is 0 Å². The summed E-state index contributed by atoms with van der Waals surface area (Å²) in [6.45, 7) is 0. The van der Waals surface area contributed by atoms with Crippen LogP contribution >= 0.6 is 0 Å². The Kier molecular flexibility index (Phi) is 4.51. The molecule has 1 heterocycles. The van der Waals surface area contributed by atoms with Gasteiger partial charge in [0.25, 0.3) is 5.91 Å². The molecule has 5 nitrogen and oxygen atoms in total. The van der Waals surface area contributed by atoms with Gasteiger partial charge in [-0.2, -0.15) is 5.10 Å². The lowest BCUT2D eigenvalue weighted by atomic mass is 9.95. The molecule has 1 aromatic carbocycles. The van der Waals surface area contributed by atoms with Crippen molar-refractivity contribution in [3.05, 3.63) is 35.4 Å². The van der Waals surface area contributed by atoms with Crippen molar-refractivity contribution in [1.29, 1.82) is 0 Å². The molecule has 1 aliphatic carbocycles. The second-order valence-corrected chi connectivity index (χ2v) is 5.98. The van der Waals surface area contributed by atoms with Crippen molar-refractivity contribution in [2.24, 2.45) is 5.10 Å². The van der Waals surface area contributed by atoms with Crippen molar-refractivity contribution < 1.29 is 9.59 Å². The van der Waals surface area contributed by atoms with Crippen LogP contribution in [0.1, 0.15) is 60.9 Å². The van der Waals surface area contributed by atoms with Gasteiger partial charge < -0.3 is 5.32 Å². The van der Waals surface area contributed by atoms with Crippen molar-refractivity contribution in [1.82, 2.24) is 10.7 Å². The lowest BCUT2D eigenvalue weighted by molar-refractivity contribution is -0.121. The van der Waals surface area contributed by atoms with Gasteiger partial charge in [0.05, 0.1) is 5.71 Å². The Morgan fingerprint density at radius 2 is 1.82 bits per heavy atom. The number of carbonyl (C=O) groups excluding carboxylic acids is 2. The number of amides is 2. The first kappa shape index (κ1) is 14.8. The first-order valence-electron chi connectivity index (χ1n) is 7.99. The van der Waals surface area contributed by atoms with Crippen LogP contribution in [0.5, 0.6) is 0 Å². The van der Waals surface area contributed by atoms with Crippen LogP contribution in [0.15, 0.2) is 29.4 Å². The Hall–Kier alpha value is -2.17. The number of nitrogens with zero attached hydrogens (tertiary/aromatic N) is 1. The number of rotatable bonds is 3. The van der Waals surface area contributed by atoms with Crippen LogP contribution in [0.2, 0.25) is 0 Å². The predicted octanol–water partition coefficient (Wildman–Crippen LogP) is 2.36. The third kappa shape index (κ3) is 3.53. The van der Waals surface area contributed by atoms with Crippen molar-refractivity contribution in [2.45, 2.75) is 51.0 Å². The van der Waals surface area contributed by atoms with Crippen LogP contribution in [-0.4, -0.2) is 23.6 Å². The quantitative estimate of drug-likeness (QED) is 0.899. The van der Waals surface area contributed by atoms with Gasteiger partial charge in [-0.3, -0.25) is 9.59 Å². The molecule has 3 rings (SSSR count). The topological polar surface area (TPSA) is 70.6 Å². The highest BCUT2D eigenvalue weighted by atomic mass is 16.2. The molecule has 2 amide bonds. The Bertz CT molecular complexity index is 586. The van der Waals surface area contributed by atoms with E-state index in [4.69, 9.17) is 0 Å². The summed E-state index contributed by atoms with van der Waals surface area (Å²) in [5, 5.41) is 7.18. The Morgan fingerprint density at radius 1 is 1.09 bits per heavy atom. The molecule has 0 aromatic heterocycles. The summed E-state index contributed by atoms with van der Waals surface area (Å²) < 4.78 is 0. The fourth-order valence-corrected chi connectivity index (χ4v) is 3.01. The third-order valence-electron chi connectivity index (χ3n) is 4.33. The molecule has 0 saturated heterocycles. The molecular formula is C17H21N3O2. The Morgan fingerprint density at radius 3 is 2.45 bits per heavy atom. The summed E-state index contributed by atoms with van der Waals surface area (Å²) in [5.74, 6) is -0.0513. The van der Waals surface area contributed by atoms with E-state index < -0.39 is 0 Å². The van der Waals surface area contributed by atoms with Crippen LogP contribution < -0.4 is 10.7 Å². The number of hydrogen-bond acceptors (Lipinski definition) is 3. The molecule has 1 fully saturated rings. The summed E-state index contributed by atoms with van der Waals surface area (Å²) in [6, 6.07) is 7.76. The van der Waals surface area contributed by atoms with E-state index in [0.717, 1.165) is 24.1 Å². The van der Waals surface area contributed by atoms with Crippen molar-refractivity contribution >= 4 is 17.5 Å². The minimum absolute atomic E-state index is 0.00247. The zero-order valence-corrected chi connectivity index (χ0v) is 12.6. The zero-order chi connectivity index (χ0) is 15.4. The number of carbonyl (C=O) groups is 2. The monoisotopic (exact) mass is 299 g/mol. The minimum Gasteiger partial charge on any atom is -0.349 e. The number of hydrazone groups is 1. The summed E-state index contributed by atoms with van der Waals surface area (Å²) in [6.07, 6.45) is 6.95. The number of hydrogen-bond donors (Lipinski definition) is 2. The van der Waals surface area contributed by atoms with E-state index in [2.05, 4.69) is 15.8 Å². The molecule has 2 aliphatic rings. The van der Waals surface area contributed by atoms with Crippen LogP contribution in [-0.2, 0) is 4.79 Å². The van der Waals surface area contributed by atoms with Gasteiger partial charge in [-0.25, -0.2) is 5.43 Å². The van der Waals surface area contributed by atoms with Gasteiger partial charge in [0, 0.05) is 24.4 Å². The molecule has 5 heteroatoms. The summed E-state index contributed by atoms with van der Waals surface area (Å²) >= 11 is 0. The lowest BCUT2D eigenvalue weighted by Gasteiger charge is -2.22. The summed E-state index contributed by atoms with van der Waals surface area (Å²) in [5.41, 5.74) is 4.98. The predicted molar refractivity (Wildman–Crippen MR) is 84.7 cm³/mol. The van der Waals surface area contributed by atoms with Gasteiger partial charge in [0.1, 0.15) is 0 Å². The molecule has 0 radical (unpaired) electrons. The van der Waals surface area contributed by atoms with Gasteiger partial charge in [-0.05, 0) is 30.5 Å². The average Bonchev–Trinajstić information content (AvgIpc) is 2.57. The first-order valence-corrected chi connectivity index (χ1v) is 7.99. The molecule has 0 atom stereocenters. The molecule has 0 unspecified atom stereocenters. The van der Waals surface area contributed by atoms with Gasteiger partial charge in [0.2, 0.25) is 5.91 Å². The van der Waals surface area contributed by atoms with Gasteiger partial charge in [-0.15, -0.1) is 0 Å². The van der Waals surface area contributed by atoms with Crippen molar-refractivity contribution in [3.63, 3.8) is 0 Å². The van der Waals surface area contributed by atoms with E-state index in [9.17, 15) is 9.59 Å². The fourth-order valence-electron chi connectivity index (χ4n) is 3.01. The highest BCUT2D eigenvalue weighted by Crippen LogP contribution is 2.18. The summed E-state index contributed by atoms with van der Waals surface area (Å²) in [4.78, 5) is 23.3. The van der Waals surface area contributed by atoms with E-state index in [1.165, 1.54) is 19.3 Å². The lowest BCUT2D eigenvalue weighted by Crippen LogP contribution is -2.36. The molecule has 22 heavy (non-hydrogen) atoms. The van der Waals surface area contributed by atoms with E-state index in [-0.39, 0.29) is 11.8 Å². The molecule has 0 spiro atoms. The van der Waals surface area contributed by atoms with E-state index in [1.807, 2.05) is 24.3 Å². The Labute approximate surface area is 130 Å². The minimum atomic E-state index is -0.0489. The van der Waals surface area contributed by atoms with E-state index >= 15 is 0 Å². The number of nitrogens with one attached hydrogen (secondary N) is 2. The zero-order valence-electron chi connectivity index (χ0n) is 12.6. The van der Waals surface area contributed by atoms with Crippen LogP contribution in [0.25, 0.3) is 0 Å². The van der Waals surface area contributed by atoms with Crippen LogP contribution in [0.3, 0.4) is 0 Å². The maximum atomic E-state index is 12.2. The molecule has 0 bridgehead atoms. The number of benzene rings is 1. The second-order valence-electron chi connectivity index (χ2n) is 5.98. The SMILES string of the molecule is O=C1CCC(c2ccc(C(=O)NC3CCCCC3)cc2)=NN1. The molecule has 1 saturated carbocycles. The molecule has 2 N–H and O–H groups in total. The summed E-state index contributed by atoms with van der Waals surface area (Å²) in [7, 11) is 0. The normalized spacial score (nSPS) is 19.3. The highest BCUT2D eigenvalue weighted by molar-refractivity contribution is 6.05. The van der Waals surface area contributed by atoms with Crippen molar-refractivity contribution in [3.8, 4) is 0 Å². The standard InChI is InChI=1S/C17H21N3O2/c21-16-11-10-15(19-20-16)12-6-8-13(9-7-12)17(22)18-14-4-2-1-3-5-14/h6-9,14H,1-5,10-11H2,(H,18,22)(H,20,21). The Balaban J connectivity index is 1.63. The van der Waals surface area contributed by atoms with Gasteiger partial charge >= 0.3 is 0 Å². The first-order chi connectivity index (χ1) is 10.7. The van der Waals surface area contributed by atoms with E-state index in [0.29, 0.717) is 24.4 Å². The second kappa shape index (κ2) is 6.73. The van der Waals surface area contributed by atoms with Gasteiger partial charge in [-0.1, -0.05) is 31.4 Å². The molecular weight excluding hydrogens is 278 g/mol. The highest BCUT2D eigenvalue weighted by Gasteiger charge is 2.17. The smallest absolute Gasteiger partial charge is 0.251 e. The molecule has 116 valence electrons. The molecule has 1 aromatic rings. The van der Waals surface area contributed by atoms with Gasteiger partial charge in [0.15, 0.2) is 0 Å². The van der Waals surface area contributed by atoms with E-state index in [1.54, 1.807) is 0 Å². The fraction of sp³-hybridized carbons (Fsp3) is 0.471. The maximum Gasteiger partial charge on any atom is 0.251 e. The third-order valence-corrected chi connectivity index (χ3v) is 4.33.